The number of carbonyl (C=O) groups is 1. The van der Waals surface area contributed by atoms with Gasteiger partial charge in [-0.2, -0.15) is 12.6 Å². The van der Waals surface area contributed by atoms with Gasteiger partial charge >= 0.3 is 0 Å². The monoisotopic (exact) mass is 187 g/mol. The Morgan fingerprint density at radius 3 is 2.58 bits per heavy atom. The summed E-state index contributed by atoms with van der Waals surface area (Å²) in [6.07, 6.45) is 3.04. The minimum Gasteiger partial charge on any atom is -0.351 e. The Morgan fingerprint density at radius 2 is 2.17 bits per heavy atom. The molecule has 3 heteroatoms. The van der Waals surface area contributed by atoms with Gasteiger partial charge < -0.3 is 5.32 Å². The highest BCUT2D eigenvalue weighted by atomic mass is 32.1. The Morgan fingerprint density at radius 1 is 1.58 bits per heavy atom. The number of amides is 1. The van der Waals surface area contributed by atoms with Crippen molar-refractivity contribution < 1.29 is 4.79 Å². The van der Waals surface area contributed by atoms with Gasteiger partial charge in [-0.25, -0.2) is 0 Å². The van der Waals surface area contributed by atoms with Gasteiger partial charge in [0.15, 0.2) is 0 Å². The van der Waals surface area contributed by atoms with E-state index in [1.807, 2.05) is 0 Å². The van der Waals surface area contributed by atoms with Crippen LogP contribution in [0.4, 0.5) is 0 Å². The van der Waals surface area contributed by atoms with Gasteiger partial charge in [0, 0.05) is 12.0 Å². The van der Waals surface area contributed by atoms with E-state index in [-0.39, 0.29) is 11.4 Å². The van der Waals surface area contributed by atoms with Crippen LogP contribution in [0.3, 0.4) is 0 Å². The van der Waals surface area contributed by atoms with E-state index in [2.05, 4.69) is 31.8 Å². The van der Waals surface area contributed by atoms with Crippen molar-refractivity contribution in [3.63, 3.8) is 0 Å². The van der Waals surface area contributed by atoms with Crippen LogP contribution in [0.2, 0.25) is 0 Å². The van der Waals surface area contributed by atoms with E-state index in [4.69, 9.17) is 0 Å². The predicted molar refractivity (Wildman–Crippen MR) is 53.4 cm³/mol. The van der Waals surface area contributed by atoms with Crippen LogP contribution < -0.4 is 5.32 Å². The van der Waals surface area contributed by atoms with E-state index < -0.39 is 0 Å². The fourth-order valence-corrected chi connectivity index (χ4v) is 1.63. The van der Waals surface area contributed by atoms with E-state index in [0.29, 0.717) is 18.1 Å². The van der Waals surface area contributed by atoms with Crippen LogP contribution in [-0.4, -0.2) is 17.2 Å². The van der Waals surface area contributed by atoms with Crippen LogP contribution in [0, 0.1) is 5.92 Å². The number of thiol groups is 1. The number of hydrogen-bond acceptors (Lipinski definition) is 2. The standard InChI is InChI=1S/C9H17NOS/c1-9(2,7-3-4-7)10-8(11)5-6-12/h7,12H,3-6H2,1-2H3,(H,10,11). The molecule has 0 bridgehead atoms. The van der Waals surface area contributed by atoms with Crippen molar-refractivity contribution in [2.75, 3.05) is 5.75 Å². The maximum absolute atomic E-state index is 11.2. The lowest BCUT2D eigenvalue weighted by Crippen LogP contribution is -2.45. The minimum absolute atomic E-state index is 0.0000309. The topological polar surface area (TPSA) is 29.1 Å². The average Bonchev–Trinajstić information content (AvgIpc) is 2.65. The first-order valence-electron chi connectivity index (χ1n) is 4.48. The van der Waals surface area contributed by atoms with Crippen LogP contribution in [0.1, 0.15) is 33.1 Å². The molecule has 1 aliphatic rings. The summed E-state index contributed by atoms with van der Waals surface area (Å²) in [5.74, 6) is 1.45. The summed E-state index contributed by atoms with van der Waals surface area (Å²) in [7, 11) is 0. The molecule has 0 heterocycles. The van der Waals surface area contributed by atoms with Crippen molar-refractivity contribution in [2.45, 2.75) is 38.6 Å². The third-order valence-electron chi connectivity index (χ3n) is 2.40. The zero-order valence-corrected chi connectivity index (χ0v) is 8.66. The van der Waals surface area contributed by atoms with E-state index in [1.165, 1.54) is 12.8 Å². The molecule has 0 aromatic heterocycles. The number of nitrogens with one attached hydrogen (secondary N) is 1. The van der Waals surface area contributed by atoms with Gasteiger partial charge in [0.25, 0.3) is 0 Å². The molecule has 1 aliphatic carbocycles. The Hall–Kier alpha value is -0.180. The Balaban J connectivity index is 2.32. The quantitative estimate of drug-likeness (QED) is 0.643. The van der Waals surface area contributed by atoms with Gasteiger partial charge in [-0.05, 0) is 38.4 Å². The maximum atomic E-state index is 11.2. The second-order valence-electron chi connectivity index (χ2n) is 4.02. The summed E-state index contributed by atoms with van der Waals surface area (Å²) < 4.78 is 0. The third kappa shape index (κ3) is 2.70. The summed E-state index contributed by atoms with van der Waals surface area (Å²) in [6, 6.07) is 0. The fraction of sp³-hybridized carbons (Fsp3) is 0.889. The molecule has 1 N–H and O–H groups in total. The number of carbonyl (C=O) groups excluding carboxylic acids is 1. The van der Waals surface area contributed by atoms with E-state index >= 15 is 0 Å². The van der Waals surface area contributed by atoms with Crippen molar-refractivity contribution >= 4 is 18.5 Å². The van der Waals surface area contributed by atoms with Crippen molar-refractivity contribution in [1.82, 2.24) is 5.32 Å². The molecular formula is C9H17NOS. The van der Waals surface area contributed by atoms with Crippen LogP contribution in [0.25, 0.3) is 0 Å². The number of hydrogen-bond donors (Lipinski definition) is 2. The first-order valence-corrected chi connectivity index (χ1v) is 5.11. The average molecular weight is 187 g/mol. The highest BCUT2D eigenvalue weighted by molar-refractivity contribution is 7.80. The molecule has 0 spiro atoms. The molecule has 0 aromatic rings. The molecule has 70 valence electrons. The van der Waals surface area contributed by atoms with Crippen LogP contribution in [-0.2, 0) is 4.79 Å². The number of rotatable bonds is 4. The second kappa shape index (κ2) is 3.69. The van der Waals surface area contributed by atoms with E-state index in [9.17, 15) is 4.79 Å². The van der Waals surface area contributed by atoms with Crippen molar-refractivity contribution in [3.8, 4) is 0 Å². The Labute approximate surface area is 79.5 Å². The van der Waals surface area contributed by atoms with E-state index in [0.717, 1.165) is 0 Å². The smallest absolute Gasteiger partial charge is 0.221 e. The summed E-state index contributed by atoms with van der Waals surface area (Å²) >= 11 is 4.02. The molecule has 0 atom stereocenters. The fourth-order valence-electron chi connectivity index (χ4n) is 1.43. The molecule has 2 nitrogen and oxygen atoms in total. The summed E-state index contributed by atoms with van der Waals surface area (Å²) in [6.45, 7) is 4.20. The SMILES string of the molecule is CC(C)(NC(=O)CCS)C1CC1. The van der Waals surface area contributed by atoms with Crippen molar-refractivity contribution in [2.24, 2.45) is 5.92 Å². The lowest BCUT2D eigenvalue weighted by atomic mass is 9.99. The van der Waals surface area contributed by atoms with Crippen LogP contribution in [0.5, 0.6) is 0 Å². The lowest BCUT2D eigenvalue weighted by Gasteiger charge is -2.25. The highest BCUT2D eigenvalue weighted by Gasteiger charge is 2.38. The molecule has 1 rings (SSSR count). The second-order valence-corrected chi connectivity index (χ2v) is 4.46. The first kappa shape index (κ1) is 9.90. The minimum atomic E-state index is 0.0000309. The first-order chi connectivity index (χ1) is 5.56. The maximum Gasteiger partial charge on any atom is 0.221 e. The molecule has 0 aliphatic heterocycles. The molecule has 1 amide bonds. The third-order valence-corrected chi connectivity index (χ3v) is 2.62. The molecule has 12 heavy (non-hydrogen) atoms. The Bertz CT molecular complexity index is 175. The predicted octanol–water partition coefficient (Wildman–Crippen LogP) is 1.61. The largest absolute Gasteiger partial charge is 0.351 e. The normalized spacial score (nSPS) is 17.6. The van der Waals surface area contributed by atoms with Gasteiger partial charge in [-0.3, -0.25) is 4.79 Å². The molecule has 1 saturated carbocycles. The molecule has 0 aromatic carbocycles. The highest BCUT2D eigenvalue weighted by Crippen LogP contribution is 2.39. The van der Waals surface area contributed by atoms with Crippen LogP contribution >= 0.6 is 12.6 Å². The zero-order valence-electron chi connectivity index (χ0n) is 7.76. The summed E-state index contributed by atoms with van der Waals surface area (Å²) in [5.41, 5.74) is 0.0000309. The van der Waals surface area contributed by atoms with Gasteiger partial charge in [0.1, 0.15) is 0 Å². The Kier molecular flexibility index (Phi) is 3.04. The molecule has 1 fully saturated rings. The molecule has 0 saturated heterocycles. The molecule has 0 radical (unpaired) electrons. The van der Waals surface area contributed by atoms with Crippen LogP contribution in [0.15, 0.2) is 0 Å². The molecular weight excluding hydrogens is 170 g/mol. The lowest BCUT2D eigenvalue weighted by molar-refractivity contribution is -0.122. The van der Waals surface area contributed by atoms with Crippen molar-refractivity contribution in [1.29, 1.82) is 0 Å². The zero-order chi connectivity index (χ0) is 9.19. The summed E-state index contributed by atoms with van der Waals surface area (Å²) in [4.78, 5) is 11.2. The van der Waals surface area contributed by atoms with E-state index in [1.54, 1.807) is 0 Å². The van der Waals surface area contributed by atoms with Gasteiger partial charge in [0.2, 0.25) is 5.91 Å². The van der Waals surface area contributed by atoms with Gasteiger partial charge in [-0.1, -0.05) is 0 Å². The summed E-state index contributed by atoms with van der Waals surface area (Å²) in [5, 5.41) is 3.03. The van der Waals surface area contributed by atoms with Crippen molar-refractivity contribution in [3.05, 3.63) is 0 Å². The van der Waals surface area contributed by atoms with Gasteiger partial charge in [-0.15, -0.1) is 0 Å². The van der Waals surface area contributed by atoms with Gasteiger partial charge in [0.05, 0.1) is 0 Å². The molecule has 0 unspecified atom stereocenters.